The van der Waals surface area contributed by atoms with E-state index < -0.39 is 5.41 Å². The van der Waals surface area contributed by atoms with E-state index in [-0.39, 0.29) is 34.1 Å². The van der Waals surface area contributed by atoms with Crippen LogP contribution in [0.3, 0.4) is 0 Å². The molecule has 2 aliphatic carbocycles. The predicted molar refractivity (Wildman–Crippen MR) is 118 cm³/mol. The van der Waals surface area contributed by atoms with Gasteiger partial charge in [-0.3, -0.25) is 4.79 Å². The van der Waals surface area contributed by atoms with E-state index in [9.17, 15) is 9.90 Å². The highest BCUT2D eigenvalue weighted by molar-refractivity contribution is 5.77. The maximum absolute atomic E-state index is 13.7. The second-order valence-electron chi connectivity index (χ2n) is 10.9. The third-order valence-corrected chi connectivity index (χ3v) is 9.03. The van der Waals surface area contributed by atoms with Crippen LogP contribution in [-0.2, 0) is 9.53 Å². The average Bonchev–Trinajstić information content (AvgIpc) is 3.15. The Morgan fingerprint density at radius 3 is 2.34 bits per heavy atom. The van der Waals surface area contributed by atoms with Gasteiger partial charge in [-0.05, 0) is 75.0 Å². The maximum Gasteiger partial charge on any atom is 0.312 e. The third-order valence-electron chi connectivity index (χ3n) is 9.03. The number of aromatic hydroxyl groups is 1. The highest BCUT2D eigenvalue weighted by Crippen LogP contribution is 2.70. The minimum absolute atomic E-state index is 0.0155. The Labute approximate surface area is 177 Å². The van der Waals surface area contributed by atoms with Gasteiger partial charge in [0.2, 0.25) is 0 Å². The first-order chi connectivity index (χ1) is 13.4. The van der Waals surface area contributed by atoms with E-state index >= 15 is 0 Å². The van der Waals surface area contributed by atoms with Gasteiger partial charge in [0.25, 0.3) is 0 Å². The first kappa shape index (κ1) is 22.2. The molecule has 0 radical (unpaired) electrons. The van der Waals surface area contributed by atoms with Crippen LogP contribution in [0.25, 0.3) is 0 Å². The normalized spacial score (nSPS) is 33.3. The van der Waals surface area contributed by atoms with Gasteiger partial charge in [0.15, 0.2) is 0 Å². The number of rotatable bonds is 7. The van der Waals surface area contributed by atoms with Crippen molar-refractivity contribution in [2.24, 2.45) is 22.2 Å². The topological polar surface area (TPSA) is 46.5 Å². The van der Waals surface area contributed by atoms with Crippen molar-refractivity contribution in [1.82, 2.24) is 0 Å². The Kier molecular flexibility index (Phi) is 5.60. The first-order valence-electron chi connectivity index (χ1n) is 11.5. The van der Waals surface area contributed by atoms with E-state index in [0.717, 1.165) is 31.2 Å². The summed E-state index contributed by atoms with van der Waals surface area (Å²) < 4.78 is 6.63. The van der Waals surface area contributed by atoms with E-state index in [0.29, 0.717) is 5.92 Å². The lowest BCUT2D eigenvalue weighted by Gasteiger charge is -2.54. The average molecular weight is 401 g/mol. The van der Waals surface area contributed by atoms with Crippen molar-refractivity contribution in [2.75, 3.05) is 0 Å². The van der Waals surface area contributed by atoms with Crippen LogP contribution >= 0.6 is 0 Å². The van der Waals surface area contributed by atoms with Crippen molar-refractivity contribution in [3.63, 3.8) is 0 Å². The fourth-order valence-corrected chi connectivity index (χ4v) is 6.79. The molecule has 2 aliphatic rings. The van der Waals surface area contributed by atoms with Crippen LogP contribution in [0.15, 0.2) is 24.3 Å². The summed E-state index contributed by atoms with van der Waals surface area (Å²) in [4.78, 5) is 13.7. The van der Waals surface area contributed by atoms with Gasteiger partial charge in [0, 0.05) is 10.8 Å². The molecule has 3 rings (SSSR count). The molecule has 0 aromatic heterocycles. The number of phenolic OH excluding ortho intramolecular Hbond substituents is 1. The molecule has 0 saturated heterocycles. The molecule has 2 fully saturated rings. The number of carbonyl (C=O) groups is 1. The molecule has 2 bridgehead atoms. The Balaban J connectivity index is 1.84. The van der Waals surface area contributed by atoms with Crippen molar-refractivity contribution in [3.05, 3.63) is 29.8 Å². The van der Waals surface area contributed by atoms with Crippen molar-refractivity contribution >= 4 is 5.97 Å². The molecule has 0 spiro atoms. The zero-order valence-corrected chi connectivity index (χ0v) is 19.5. The molecule has 1 aromatic carbocycles. The van der Waals surface area contributed by atoms with Gasteiger partial charge >= 0.3 is 5.97 Å². The lowest BCUT2D eigenvalue weighted by Crippen LogP contribution is -2.57. The number of hydrogen-bond acceptors (Lipinski definition) is 3. The number of ether oxygens (including phenoxy) is 1. The van der Waals surface area contributed by atoms with Crippen molar-refractivity contribution in [1.29, 1.82) is 0 Å². The van der Waals surface area contributed by atoms with Gasteiger partial charge in [0.1, 0.15) is 11.4 Å². The predicted octanol–water partition coefficient (Wildman–Crippen LogP) is 6.84. The van der Waals surface area contributed by atoms with Gasteiger partial charge < -0.3 is 9.84 Å². The quantitative estimate of drug-likeness (QED) is 0.510. The summed E-state index contributed by atoms with van der Waals surface area (Å²) in [6.45, 7) is 15.5. The van der Waals surface area contributed by atoms with E-state index in [2.05, 4.69) is 48.5 Å². The van der Waals surface area contributed by atoms with Gasteiger partial charge in [-0.25, -0.2) is 0 Å². The summed E-state index contributed by atoms with van der Waals surface area (Å²) in [5.74, 6) is 1.10. The molecule has 0 aliphatic heterocycles. The number of esters is 1. The number of phenols is 1. The van der Waals surface area contributed by atoms with Crippen LogP contribution in [-0.4, -0.2) is 16.7 Å². The van der Waals surface area contributed by atoms with Gasteiger partial charge in [-0.2, -0.15) is 0 Å². The van der Waals surface area contributed by atoms with Crippen LogP contribution in [0.1, 0.15) is 98.5 Å². The molecule has 1 aromatic rings. The Bertz CT molecular complexity index is 745. The molecular weight excluding hydrogens is 360 g/mol. The largest absolute Gasteiger partial charge is 0.508 e. The molecule has 2 saturated carbocycles. The van der Waals surface area contributed by atoms with Crippen LogP contribution in [0.4, 0.5) is 0 Å². The van der Waals surface area contributed by atoms with Crippen LogP contribution in [0.2, 0.25) is 0 Å². The van der Waals surface area contributed by atoms with E-state index in [1.807, 2.05) is 12.1 Å². The summed E-state index contributed by atoms with van der Waals surface area (Å²) in [5.41, 5.74) is 0.351. The third kappa shape index (κ3) is 3.29. The van der Waals surface area contributed by atoms with Gasteiger partial charge in [-0.15, -0.1) is 0 Å². The summed E-state index contributed by atoms with van der Waals surface area (Å²) in [6, 6.07) is 7.35. The summed E-state index contributed by atoms with van der Waals surface area (Å²) >= 11 is 0. The Morgan fingerprint density at radius 1 is 1.24 bits per heavy atom. The first-order valence-corrected chi connectivity index (χ1v) is 11.5. The zero-order valence-electron chi connectivity index (χ0n) is 19.5. The Morgan fingerprint density at radius 2 is 1.86 bits per heavy atom. The SMILES string of the molecule is CCC(C)(CC(C)c1ccc(O)cc1)C(=O)OC1(CC)C2(C)CCC(C2)C1(C)C. The lowest BCUT2D eigenvalue weighted by atomic mass is 9.59. The standard InChI is InChI=1S/C26H40O3/c1-8-24(6,16-18(3)19-10-12-21(27)13-11-19)22(28)29-26(9-2)23(4,5)20-14-15-25(26,7)17-20/h10-13,18,20,27H,8-9,14-17H2,1-7H3. The second kappa shape index (κ2) is 7.32. The molecule has 0 heterocycles. The van der Waals surface area contributed by atoms with Crippen LogP contribution in [0, 0.1) is 22.2 Å². The van der Waals surface area contributed by atoms with Gasteiger partial charge in [-0.1, -0.05) is 53.7 Å². The van der Waals surface area contributed by atoms with Crippen LogP contribution < -0.4 is 0 Å². The van der Waals surface area contributed by atoms with E-state index in [1.54, 1.807) is 12.1 Å². The number of fused-ring (bicyclic) bond motifs is 2. The number of carbonyl (C=O) groups excluding carboxylic acids is 1. The van der Waals surface area contributed by atoms with E-state index in [1.165, 1.54) is 12.8 Å². The Hall–Kier alpha value is -1.51. The maximum atomic E-state index is 13.7. The lowest BCUT2D eigenvalue weighted by molar-refractivity contribution is -0.211. The van der Waals surface area contributed by atoms with Crippen LogP contribution in [0.5, 0.6) is 5.75 Å². The highest BCUT2D eigenvalue weighted by atomic mass is 16.6. The molecule has 29 heavy (non-hydrogen) atoms. The van der Waals surface area contributed by atoms with Gasteiger partial charge in [0.05, 0.1) is 5.41 Å². The molecule has 1 N–H and O–H groups in total. The molecule has 0 amide bonds. The fourth-order valence-electron chi connectivity index (χ4n) is 6.79. The summed E-state index contributed by atoms with van der Waals surface area (Å²) in [5, 5.41) is 9.57. The zero-order chi connectivity index (χ0) is 21.7. The monoisotopic (exact) mass is 400 g/mol. The van der Waals surface area contributed by atoms with Crippen molar-refractivity contribution in [2.45, 2.75) is 98.5 Å². The fraction of sp³-hybridized carbons (Fsp3) is 0.731. The van der Waals surface area contributed by atoms with E-state index in [4.69, 9.17) is 4.74 Å². The minimum atomic E-state index is -0.520. The molecule has 162 valence electrons. The molecular formula is C26H40O3. The number of hydrogen-bond donors (Lipinski definition) is 1. The molecule has 5 atom stereocenters. The summed E-state index contributed by atoms with van der Waals surface area (Å²) in [6.07, 6.45) is 5.97. The summed E-state index contributed by atoms with van der Waals surface area (Å²) in [7, 11) is 0. The van der Waals surface area contributed by atoms with Crippen molar-refractivity contribution in [3.8, 4) is 5.75 Å². The smallest absolute Gasteiger partial charge is 0.312 e. The second-order valence-corrected chi connectivity index (χ2v) is 10.9. The minimum Gasteiger partial charge on any atom is -0.508 e. The molecule has 3 heteroatoms. The number of benzene rings is 1. The van der Waals surface area contributed by atoms with Crippen molar-refractivity contribution < 1.29 is 14.6 Å². The molecule has 3 nitrogen and oxygen atoms in total. The highest BCUT2D eigenvalue weighted by Gasteiger charge is 2.70. The molecule has 5 unspecified atom stereocenters.